The molecule has 0 amide bonds. The van der Waals surface area contributed by atoms with Crippen LogP contribution in [0.1, 0.15) is 18.7 Å². The third kappa shape index (κ3) is 7.59. The monoisotopic (exact) mass is 511 g/mol. The van der Waals surface area contributed by atoms with Gasteiger partial charge in [0.1, 0.15) is 18.0 Å². The highest BCUT2D eigenvalue weighted by Crippen LogP contribution is 2.25. The molecule has 0 aliphatic rings. The molecule has 150 valence electrons. The van der Waals surface area contributed by atoms with Gasteiger partial charge >= 0.3 is 0 Å². The Kier molecular flexibility index (Phi) is 9.95. The number of hydrogen-bond donors (Lipinski definition) is 3. The lowest BCUT2D eigenvalue weighted by molar-refractivity contribution is 0.0711. The van der Waals surface area contributed by atoms with Gasteiger partial charge in [-0.1, -0.05) is 6.07 Å². The van der Waals surface area contributed by atoms with E-state index in [0.717, 1.165) is 17.0 Å². The van der Waals surface area contributed by atoms with E-state index in [-0.39, 0.29) is 42.9 Å². The summed E-state index contributed by atoms with van der Waals surface area (Å²) in [5.74, 6) is -1.05. The van der Waals surface area contributed by atoms with Crippen LogP contribution in [0.15, 0.2) is 40.7 Å². The van der Waals surface area contributed by atoms with Crippen LogP contribution in [0.5, 0.6) is 5.75 Å². The van der Waals surface area contributed by atoms with Crippen molar-refractivity contribution in [1.29, 1.82) is 0 Å². The number of thiophene rings is 1. The normalized spacial score (nSPS) is 13.4. The molecule has 1 atom stereocenters. The number of hydrogen-bond acceptors (Lipinski definition) is 4. The summed E-state index contributed by atoms with van der Waals surface area (Å²) in [4.78, 5) is 5.24. The van der Waals surface area contributed by atoms with Crippen LogP contribution in [0.25, 0.3) is 0 Å². The molecule has 2 aromatic rings. The van der Waals surface area contributed by atoms with Crippen molar-refractivity contribution in [2.75, 3.05) is 26.2 Å². The Morgan fingerprint density at radius 2 is 2.04 bits per heavy atom. The molecule has 5 nitrogen and oxygen atoms in total. The fraction of sp³-hybridized carbons (Fsp3) is 0.389. The van der Waals surface area contributed by atoms with E-state index in [0.29, 0.717) is 19.0 Å². The SMILES string of the molecule is CCNC(=NCC(C)(O)c1cccs1)NCCOc1ccc(F)c(F)c1.I. The summed E-state index contributed by atoms with van der Waals surface area (Å²) in [5.41, 5.74) is -1.04. The third-order valence-electron chi connectivity index (χ3n) is 3.50. The predicted molar refractivity (Wildman–Crippen MR) is 115 cm³/mol. The number of nitrogens with zero attached hydrogens (tertiary/aromatic N) is 1. The lowest BCUT2D eigenvalue weighted by Gasteiger charge is -2.20. The second-order valence-corrected chi connectivity index (χ2v) is 6.75. The molecule has 0 saturated carbocycles. The lowest BCUT2D eigenvalue weighted by atomic mass is 10.1. The van der Waals surface area contributed by atoms with Gasteiger partial charge in [0.2, 0.25) is 0 Å². The van der Waals surface area contributed by atoms with E-state index in [4.69, 9.17) is 4.74 Å². The second-order valence-electron chi connectivity index (χ2n) is 5.80. The average molecular weight is 511 g/mol. The molecule has 0 radical (unpaired) electrons. The van der Waals surface area contributed by atoms with Crippen LogP contribution >= 0.6 is 35.3 Å². The summed E-state index contributed by atoms with van der Waals surface area (Å²) in [5, 5.41) is 18.6. The van der Waals surface area contributed by atoms with Crippen molar-refractivity contribution in [3.63, 3.8) is 0 Å². The molecule has 3 N–H and O–H groups in total. The zero-order chi connectivity index (χ0) is 19.0. The summed E-state index contributed by atoms with van der Waals surface area (Å²) in [6.07, 6.45) is 0. The Morgan fingerprint density at radius 1 is 1.26 bits per heavy atom. The van der Waals surface area contributed by atoms with Crippen LogP contribution < -0.4 is 15.4 Å². The van der Waals surface area contributed by atoms with Crippen molar-refractivity contribution in [1.82, 2.24) is 10.6 Å². The lowest BCUT2D eigenvalue weighted by Crippen LogP contribution is -2.40. The zero-order valence-corrected chi connectivity index (χ0v) is 18.3. The van der Waals surface area contributed by atoms with Crippen LogP contribution in [0.4, 0.5) is 8.78 Å². The number of aliphatic hydroxyl groups is 1. The fourth-order valence-electron chi connectivity index (χ4n) is 2.14. The van der Waals surface area contributed by atoms with Gasteiger partial charge in [0.05, 0.1) is 13.1 Å². The first-order chi connectivity index (χ1) is 12.4. The number of benzene rings is 1. The molecule has 1 aromatic heterocycles. The molecule has 9 heteroatoms. The van der Waals surface area contributed by atoms with Gasteiger partial charge < -0.3 is 20.5 Å². The van der Waals surface area contributed by atoms with Gasteiger partial charge in [-0.25, -0.2) is 13.8 Å². The zero-order valence-electron chi connectivity index (χ0n) is 15.2. The molecule has 0 aliphatic heterocycles. The number of guanidine groups is 1. The summed E-state index contributed by atoms with van der Waals surface area (Å²) in [6.45, 7) is 5.18. The largest absolute Gasteiger partial charge is 0.492 e. The molecule has 0 fully saturated rings. The standard InChI is InChI=1S/C18H23F2N3O2S.HI/c1-3-21-17(23-12-18(2,24)16-5-4-10-26-16)22-8-9-25-13-6-7-14(19)15(20)11-13;/h4-7,10-11,24H,3,8-9,12H2,1-2H3,(H2,21,22,23);1H. The Balaban J connectivity index is 0.00000364. The highest BCUT2D eigenvalue weighted by atomic mass is 127. The number of nitrogens with one attached hydrogen (secondary N) is 2. The van der Waals surface area contributed by atoms with Crippen molar-refractivity contribution >= 4 is 41.3 Å². The first-order valence-corrected chi connectivity index (χ1v) is 9.16. The number of aliphatic imine (C=N–C) groups is 1. The van der Waals surface area contributed by atoms with Gasteiger partial charge in [-0.15, -0.1) is 35.3 Å². The number of rotatable bonds is 8. The topological polar surface area (TPSA) is 65.9 Å². The molecule has 0 aliphatic carbocycles. The summed E-state index contributed by atoms with van der Waals surface area (Å²) in [6, 6.07) is 7.16. The molecule has 0 spiro atoms. The molecule has 0 bridgehead atoms. The van der Waals surface area contributed by atoms with Gasteiger partial charge in [0, 0.05) is 17.5 Å². The van der Waals surface area contributed by atoms with Crippen molar-refractivity contribution < 1.29 is 18.6 Å². The van der Waals surface area contributed by atoms with Crippen molar-refractivity contribution in [2.24, 2.45) is 4.99 Å². The van der Waals surface area contributed by atoms with Crippen molar-refractivity contribution in [3.05, 3.63) is 52.2 Å². The molecule has 1 aromatic carbocycles. The van der Waals surface area contributed by atoms with E-state index in [1.165, 1.54) is 17.4 Å². The van der Waals surface area contributed by atoms with Crippen molar-refractivity contribution in [3.8, 4) is 5.75 Å². The Labute approximate surface area is 178 Å². The smallest absolute Gasteiger partial charge is 0.191 e. The van der Waals surface area contributed by atoms with E-state index in [2.05, 4.69) is 15.6 Å². The average Bonchev–Trinajstić information content (AvgIpc) is 3.15. The summed E-state index contributed by atoms with van der Waals surface area (Å²) in [7, 11) is 0. The highest BCUT2D eigenvalue weighted by molar-refractivity contribution is 14.0. The minimum Gasteiger partial charge on any atom is -0.492 e. The van der Waals surface area contributed by atoms with E-state index in [1.807, 2.05) is 24.4 Å². The fourth-order valence-corrected chi connectivity index (χ4v) is 2.92. The van der Waals surface area contributed by atoms with Gasteiger partial charge in [0.25, 0.3) is 0 Å². The second kappa shape index (κ2) is 11.4. The third-order valence-corrected chi connectivity index (χ3v) is 4.62. The summed E-state index contributed by atoms with van der Waals surface area (Å²) < 4.78 is 31.4. The Hall–Kier alpha value is -1.46. The highest BCUT2D eigenvalue weighted by Gasteiger charge is 2.23. The van der Waals surface area contributed by atoms with E-state index in [9.17, 15) is 13.9 Å². The van der Waals surface area contributed by atoms with E-state index >= 15 is 0 Å². The van der Waals surface area contributed by atoms with Gasteiger partial charge in [-0.05, 0) is 37.4 Å². The minimum atomic E-state index is -1.04. The minimum absolute atomic E-state index is 0. The number of halogens is 3. The predicted octanol–water partition coefficient (Wildman–Crippen LogP) is 3.49. The first-order valence-electron chi connectivity index (χ1n) is 8.29. The molecule has 0 saturated heterocycles. The maximum absolute atomic E-state index is 13.1. The molecule has 27 heavy (non-hydrogen) atoms. The maximum atomic E-state index is 13.1. The van der Waals surface area contributed by atoms with Crippen LogP contribution in [0.3, 0.4) is 0 Å². The molecule has 1 heterocycles. The maximum Gasteiger partial charge on any atom is 0.191 e. The van der Waals surface area contributed by atoms with Crippen LogP contribution in [-0.4, -0.2) is 37.3 Å². The molecule has 2 rings (SSSR count). The van der Waals surface area contributed by atoms with Crippen LogP contribution in [0, 0.1) is 11.6 Å². The summed E-state index contributed by atoms with van der Waals surface area (Å²) >= 11 is 1.48. The molecular weight excluding hydrogens is 487 g/mol. The van der Waals surface area contributed by atoms with Gasteiger partial charge in [-0.3, -0.25) is 0 Å². The van der Waals surface area contributed by atoms with E-state index in [1.54, 1.807) is 6.92 Å². The van der Waals surface area contributed by atoms with E-state index < -0.39 is 17.2 Å². The van der Waals surface area contributed by atoms with Crippen LogP contribution in [0.2, 0.25) is 0 Å². The van der Waals surface area contributed by atoms with Gasteiger partial charge in [-0.2, -0.15) is 0 Å². The molecular formula is C18H24F2IN3O2S. The van der Waals surface area contributed by atoms with Gasteiger partial charge in [0.15, 0.2) is 17.6 Å². The quantitative estimate of drug-likeness (QED) is 0.220. The first kappa shape index (κ1) is 23.6. The Morgan fingerprint density at radius 3 is 2.67 bits per heavy atom. The number of ether oxygens (including phenoxy) is 1. The Bertz CT molecular complexity index is 727. The molecule has 1 unspecified atom stereocenters. The van der Waals surface area contributed by atoms with Crippen LogP contribution in [-0.2, 0) is 5.60 Å². The van der Waals surface area contributed by atoms with Crippen molar-refractivity contribution in [2.45, 2.75) is 19.4 Å².